The number of carbonyl (C=O) groups is 1. The van der Waals surface area contributed by atoms with Crippen LogP contribution in [0.25, 0.3) is 10.1 Å². The first-order valence-corrected chi connectivity index (χ1v) is 13.5. The number of amidine groups is 1. The van der Waals surface area contributed by atoms with Gasteiger partial charge in [-0.25, -0.2) is 12.8 Å². The van der Waals surface area contributed by atoms with E-state index in [1.165, 1.54) is 40.5 Å². The van der Waals surface area contributed by atoms with Crippen molar-refractivity contribution in [2.45, 2.75) is 29.6 Å². The highest BCUT2D eigenvalue weighted by Gasteiger charge is 2.38. The minimum Gasteiger partial charge on any atom is -0.383 e. The van der Waals surface area contributed by atoms with E-state index in [0.29, 0.717) is 52.9 Å². The molecule has 1 fully saturated rings. The van der Waals surface area contributed by atoms with Crippen LogP contribution in [-0.2, 0) is 14.8 Å². The number of carbonyl (C=O) groups excluding carboxylic acids is 1. The Balaban J connectivity index is 1.68. The van der Waals surface area contributed by atoms with E-state index in [0.717, 1.165) is 11.3 Å². The SMILES string of the molecule is N=C(N)c1cc(C(NS(=O)(=O)c2cc3ccc(F)cc3s2)N2CC[C@H](CCCN)C2=O)cs1. The van der Waals surface area contributed by atoms with Gasteiger partial charge in [-0.05, 0) is 60.8 Å². The Morgan fingerprint density at radius 3 is 2.82 bits per heavy atom. The lowest BCUT2D eigenvalue weighted by atomic mass is 10.0. The van der Waals surface area contributed by atoms with Gasteiger partial charge in [-0.15, -0.1) is 22.7 Å². The Labute approximate surface area is 198 Å². The number of nitrogens with zero attached hydrogens (tertiary/aromatic N) is 1. The lowest BCUT2D eigenvalue weighted by molar-refractivity contribution is -0.133. The van der Waals surface area contributed by atoms with E-state index in [9.17, 15) is 17.6 Å². The molecule has 4 rings (SSSR count). The lowest BCUT2D eigenvalue weighted by Crippen LogP contribution is -2.42. The maximum absolute atomic E-state index is 13.6. The van der Waals surface area contributed by atoms with Gasteiger partial charge in [-0.3, -0.25) is 10.2 Å². The number of amides is 1. The maximum atomic E-state index is 13.6. The van der Waals surface area contributed by atoms with Crippen LogP contribution in [-0.4, -0.2) is 38.2 Å². The molecule has 1 amide bonds. The first-order chi connectivity index (χ1) is 15.7. The molecule has 0 radical (unpaired) electrons. The van der Waals surface area contributed by atoms with E-state index in [2.05, 4.69) is 4.72 Å². The number of rotatable bonds is 9. The third-order valence-corrected chi connectivity index (χ3v) is 9.57. The summed E-state index contributed by atoms with van der Waals surface area (Å²) in [7, 11) is -4.04. The highest BCUT2D eigenvalue weighted by molar-refractivity contribution is 7.91. The smallest absolute Gasteiger partial charge is 0.252 e. The minimum atomic E-state index is -4.04. The molecule has 1 aromatic carbocycles. The summed E-state index contributed by atoms with van der Waals surface area (Å²) in [6.07, 6.45) is 1.03. The van der Waals surface area contributed by atoms with Crippen molar-refractivity contribution in [2.75, 3.05) is 13.1 Å². The Morgan fingerprint density at radius 2 is 2.12 bits per heavy atom. The zero-order chi connectivity index (χ0) is 23.8. The van der Waals surface area contributed by atoms with Crippen LogP contribution in [0, 0.1) is 17.1 Å². The molecule has 0 saturated carbocycles. The van der Waals surface area contributed by atoms with Crippen molar-refractivity contribution in [3.8, 4) is 0 Å². The molecule has 2 atom stereocenters. The van der Waals surface area contributed by atoms with E-state index in [4.69, 9.17) is 16.9 Å². The van der Waals surface area contributed by atoms with Crippen LogP contribution in [0.4, 0.5) is 4.39 Å². The maximum Gasteiger partial charge on any atom is 0.252 e. The Hall–Kier alpha value is -2.38. The number of nitrogens with two attached hydrogens (primary N) is 2. The third kappa shape index (κ3) is 4.94. The van der Waals surface area contributed by atoms with Crippen LogP contribution in [0.3, 0.4) is 0 Å². The second kappa shape index (κ2) is 9.47. The summed E-state index contributed by atoms with van der Waals surface area (Å²) in [5.41, 5.74) is 11.7. The summed E-state index contributed by atoms with van der Waals surface area (Å²) < 4.78 is 43.4. The largest absolute Gasteiger partial charge is 0.383 e. The zero-order valence-corrected chi connectivity index (χ0v) is 20.0. The van der Waals surface area contributed by atoms with Gasteiger partial charge < -0.3 is 16.4 Å². The van der Waals surface area contributed by atoms with Crippen LogP contribution in [0.5, 0.6) is 0 Å². The van der Waals surface area contributed by atoms with E-state index in [1.54, 1.807) is 11.4 Å². The van der Waals surface area contributed by atoms with Gasteiger partial charge >= 0.3 is 0 Å². The average molecular weight is 510 g/mol. The minimum absolute atomic E-state index is 0.0291. The number of halogens is 1. The van der Waals surface area contributed by atoms with Crippen molar-refractivity contribution in [1.82, 2.24) is 9.62 Å². The molecule has 3 aromatic rings. The third-order valence-electron chi connectivity index (χ3n) is 5.61. The molecule has 0 aliphatic carbocycles. The van der Waals surface area contributed by atoms with Crippen molar-refractivity contribution in [1.29, 1.82) is 5.41 Å². The molecular weight excluding hydrogens is 485 g/mol. The zero-order valence-electron chi connectivity index (χ0n) is 17.6. The molecule has 3 heterocycles. The molecule has 2 aromatic heterocycles. The second-order valence-electron chi connectivity index (χ2n) is 7.88. The quantitative estimate of drug-likeness (QED) is 0.259. The summed E-state index contributed by atoms with van der Waals surface area (Å²) >= 11 is 2.17. The monoisotopic (exact) mass is 509 g/mol. The molecule has 0 bridgehead atoms. The van der Waals surface area contributed by atoms with Gasteiger partial charge in [0.15, 0.2) is 0 Å². The lowest BCUT2D eigenvalue weighted by Gasteiger charge is -2.28. The number of hydrogen-bond acceptors (Lipinski definition) is 7. The number of likely N-dealkylation sites (tertiary alicyclic amines) is 1. The van der Waals surface area contributed by atoms with Gasteiger partial charge in [-0.1, -0.05) is 6.07 Å². The molecule has 8 nitrogen and oxygen atoms in total. The Morgan fingerprint density at radius 1 is 1.33 bits per heavy atom. The highest BCUT2D eigenvalue weighted by Crippen LogP contribution is 2.35. The predicted molar refractivity (Wildman–Crippen MR) is 128 cm³/mol. The molecular formula is C21H24FN5O3S3. The van der Waals surface area contributed by atoms with E-state index in [1.807, 2.05) is 0 Å². The standard InChI is InChI=1S/C21H24FN5O3S3/c22-15-4-3-13-9-18(32-16(13)10-15)33(29,30)26-20(14-8-17(19(24)25)31-11-14)27-7-5-12(21(27)28)2-1-6-23/h3-4,8-12,20,26H,1-2,5-7,23H2,(H3,24,25)/t12-,20?/m0/s1. The first-order valence-electron chi connectivity index (χ1n) is 10.3. The highest BCUT2D eigenvalue weighted by atomic mass is 32.2. The van der Waals surface area contributed by atoms with Crippen LogP contribution in [0.2, 0.25) is 0 Å². The normalized spacial score (nSPS) is 17.7. The summed E-state index contributed by atoms with van der Waals surface area (Å²) in [5, 5.41) is 9.99. The number of nitrogen functional groups attached to an aromatic ring is 1. The van der Waals surface area contributed by atoms with Gasteiger partial charge in [-0.2, -0.15) is 4.72 Å². The van der Waals surface area contributed by atoms with E-state index < -0.39 is 22.0 Å². The van der Waals surface area contributed by atoms with Crippen molar-refractivity contribution >= 4 is 54.5 Å². The summed E-state index contributed by atoms with van der Waals surface area (Å²) in [6, 6.07) is 7.22. The van der Waals surface area contributed by atoms with E-state index >= 15 is 0 Å². The number of benzene rings is 1. The summed E-state index contributed by atoms with van der Waals surface area (Å²) in [5.74, 6) is -0.919. The van der Waals surface area contributed by atoms with Crippen molar-refractivity contribution in [3.63, 3.8) is 0 Å². The fourth-order valence-corrected chi connectivity index (χ4v) is 7.33. The molecule has 6 N–H and O–H groups in total. The van der Waals surface area contributed by atoms with Crippen LogP contribution in [0.15, 0.2) is 39.9 Å². The molecule has 0 spiro atoms. The van der Waals surface area contributed by atoms with Crippen LogP contribution in [0.1, 0.15) is 35.9 Å². The van der Waals surface area contributed by atoms with Crippen LogP contribution >= 0.6 is 22.7 Å². The topological polar surface area (TPSA) is 142 Å². The second-order valence-corrected chi connectivity index (χ2v) is 11.8. The summed E-state index contributed by atoms with van der Waals surface area (Å²) in [6.45, 7) is 0.878. The van der Waals surface area contributed by atoms with Crippen molar-refractivity contribution in [3.05, 3.63) is 52.0 Å². The Kier molecular flexibility index (Phi) is 6.82. The van der Waals surface area contributed by atoms with Gasteiger partial charge in [0.05, 0.1) is 4.88 Å². The van der Waals surface area contributed by atoms with Crippen molar-refractivity contribution in [2.24, 2.45) is 17.4 Å². The number of thiophene rings is 2. The van der Waals surface area contributed by atoms with Crippen LogP contribution < -0.4 is 16.2 Å². The molecule has 1 aliphatic heterocycles. The van der Waals surface area contributed by atoms with Crippen molar-refractivity contribution < 1.29 is 17.6 Å². The molecule has 33 heavy (non-hydrogen) atoms. The first kappa shape index (κ1) is 23.8. The summed E-state index contributed by atoms with van der Waals surface area (Å²) in [4.78, 5) is 15.1. The predicted octanol–water partition coefficient (Wildman–Crippen LogP) is 2.95. The molecule has 176 valence electrons. The molecule has 12 heteroatoms. The van der Waals surface area contributed by atoms with Gasteiger partial charge in [0.25, 0.3) is 10.0 Å². The molecule has 1 aliphatic rings. The average Bonchev–Trinajstić information content (AvgIpc) is 3.49. The number of hydrogen-bond donors (Lipinski definition) is 4. The fourth-order valence-electron chi connectivity index (χ4n) is 3.92. The molecule has 1 saturated heterocycles. The fraction of sp³-hybridized carbons (Fsp3) is 0.333. The number of nitrogens with one attached hydrogen (secondary N) is 2. The van der Waals surface area contributed by atoms with Gasteiger partial charge in [0.1, 0.15) is 22.0 Å². The van der Waals surface area contributed by atoms with Gasteiger partial charge in [0, 0.05) is 22.7 Å². The number of sulfonamides is 1. The van der Waals surface area contributed by atoms with E-state index in [-0.39, 0.29) is 21.9 Å². The molecule has 1 unspecified atom stereocenters. The van der Waals surface area contributed by atoms with Gasteiger partial charge in [0.2, 0.25) is 5.91 Å². The Bertz CT molecular complexity index is 1300. The number of fused-ring (bicyclic) bond motifs is 1.